The van der Waals surface area contributed by atoms with Crippen molar-refractivity contribution >= 4 is 17.6 Å². The lowest BCUT2D eigenvalue weighted by Crippen LogP contribution is -2.42. The summed E-state index contributed by atoms with van der Waals surface area (Å²) in [5.41, 5.74) is -1.35. The van der Waals surface area contributed by atoms with Crippen LogP contribution in [0.25, 0.3) is 0 Å². The highest BCUT2D eigenvalue weighted by atomic mass is 19.4. The largest absolute Gasteiger partial charge is 0.493 e. The highest BCUT2D eigenvalue weighted by Gasteiger charge is 2.39. The van der Waals surface area contributed by atoms with Gasteiger partial charge in [0.2, 0.25) is 0 Å². The quantitative estimate of drug-likeness (QED) is 0.474. The number of anilines is 1. The zero-order chi connectivity index (χ0) is 19.8. The van der Waals surface area contributed by atoms with Gasteiger partial charge in [-0.2, -0.15) is 13.2 Å². The Morgan fingerprint density at radius 2 is 1.81 bits per heavy atom. The van der Waals surface area contributed by atoms with E-state index in [0.717, 1.165) is 31.2 Å². The number of esters is 2. The summed E-state index contributed by atoms with van der Waals surface area (Å²) in [4.78, 5) is 23.8. The standard InChI is InChI=1S/C18H18F3NO5/c1-17(2)26-15(23)14(16(24)27-17)8-22-12-5-11(18(19,20)21)6-13(7-12)25-9-10-3-4-10/h5-8,10,22H,3-4,9H2,1-2H3. The number of nitrogens with one attached hydrogen (secondary N) is 1. The minimum atomic E-state index is -4.57. The summed E-state index contributed by atoms with van der Waals surface area (Å²) in [6.45, 7) is 3.13. The molecule has 0 aromatic heterocycles. The molecule has 1 heterocycles. The predicted octanol–water partition coefficient (Wildman–Crippen LogP) is 3.63. The van der Waals surface area contributed by atoms with Crippen molar-refractivity contribution in [3.8, 4) is 5.75 Å². The molecule has 146 valence electrons. The van der Waals surface area contributed by atoms with E-state index in [4.69, 9.17) is 14.2 Å². The third kappa shape index (κ3) is 4.93. The van der Waals surface area contributed by atoms with E-state index < -0.39 is 35.0 Å². The molecule has 0 radical (unpaired) electrons. The summed E-state index contributed by atoms with van der Waals surface area (Å²) in [5, 5.41) is 2.52. The second-order valence-electron chi connectivity index (χ2n) is 6.88. The maximum absolute atomic E-state index is 13.1. The smallest absolute Gasteiger partial charge is 0.416 e. The van der Waals surface area contributed by atoms with Crippen LogP contribution in [0.4, 0.5) is 18.9 Å². The van der Waals surface area contributed by atoms with Gasteiger partial charge in [0.25, 0.3) is 5.79 Å². The minimum absolute atomic E-state index is 0.00792. The van der Waals surface area contributed by atoms with E-state index >= 15 is 0 Å². The Labute approximate surface area is 153 Å². The number of cyclic esters (lactones) is 2. The van der Waals surface area contributed by atoms with Crippen LogP contribution >= 0.6 is 0 Å². The topological polar surface area (TPSA) is 73.9 Å². The molecule has 0 unspecified atom stereocenters. The van der Waals surface area contributed by atoms with E-state index in [-0.39, 0.29) is 11.4 Å². The van der Waals surface area contributed by atoms with Crippen molar-refractivity contribution in [2.45, 2.75) is 38.7 Å². The second-order valence-corrected chi connectivity index (χ2v) is 6.88. The van der Waals surface area contributed by atoms with Gasteiger partial charge in [0.05, 0.1) is 12.2 Å². The summed E-state index contributed by atoms with van der Waals surface area (Å²) in [7, 11) is 0. The number of benzene rings is 1. The van der Waals surface area contributed by atoms with Crippen LogP contribution < -0.4 is 10.1 Å². The molecule has 1 saturated carbocycles. The molecule has 27 heavy (non-hydrogen) atoms. The van der Waals surface area contributed by atoms with Gasteiger partial charge in [0, 0.05) is 31.8 Å². The number of rotatable bonds is 5. The Morgan fingerprint density at radius 1 is 1.19 bits per heavy atom. The summed E-state index contributed by atoms with van der Waals surface area (Å²) >= 11 is 0. The van der Waals surface area contributed by atoms with Crippen molar-refractivity contribution in [1.29, 1.82) is 0 Å². The molecular weight excluding hydrogens is 367 g/mol. The van der Waals surface area contributed by atoms with Gasteiger partial charge >= 0.3 is 18.1 Å². The van der Waals surface area contributed by atoms with Crippen LogP contribution in [-0.4, -0.2) is 24.3 Å². The van der Waals surface area contributed by atoms with Crippen LogP contribution in [0.5, 0.6) is 5.75 Å². The predicted molar refractivity (Wildman–Crippen MR) is 87.6 cm³/mol. The fraction of sp³-hybridized carbons (Fsp3) is 0.444. The van der Waals surface area contributed by atoms with E-state index in [1.807, 2.05) is 0 Å². The first-order valence-electron chi connectivity index (χ1n) is 8.32. The Morgan fingerprint density at radius 3 is 2.37 bits per heavy atom. The van der Waals surface area contributed by atoms with Gasteiger partial charge in [-0.15, -0.1) is 0 Å². The highest BCUT2D eigenvalue weighted by molar-refractivity contribution is 6.15. The number of carbonyl (C=O) groups is 2. The third-order valence-corrected chi connectivity index (χ3v) is 3.92. The van der Waals surface area contributed by atoms with Crippen LogP contribution in [0.2, 0.25) is 0 Å². The number of hydrogen-bond acceptors (Lipinski definition) is 6. The molecule has 1 aromatic rings. The summed E-state index contributed by atoms with van der Waals surface area (Å²) in [6.07, 6.45) is -1.62. The lowest BCUT2D eigenvalue weighted by molar-refractivity contribution is -0.222. The molecule has 0 atom stereocenters. The van der Waals surface area contributed by atoms with Crippen LogP contribution in [-0.2, 0) is 25.2 Å². The van der Waals surface area contributed by atoms with E-state index in [1.165, 1.54) is 19.9 Å². The lowest BCUT2D eigenvalue weighted by atomic mass is 10.1. The van der Waals surface area contributed by atoms with Crippen molar-refractivity contribution in [2.24, 2.45) is 5.92 Å². The molecule has 1 aliphatic heterocycles. The van der Waals surface area contributed by atoms with Crippen molar-refractivity contribution in [3.63, 3.8) is 0 Å². The number of alkyl halides is 3. The monoisotopic (exact) mass is 385 g/mol. The zero-order valence-corrected chi connectivity index (χ0v) is 14.7. The molecule has 1 aromatic carbocycles. The van der Waals surface area contributed by atoms with Gasteiger partial charge in [0.15, 0.2) is 5.57 Å². The van der Waals surface area contributed by atoms with E-state index in [1.54, 1.807) is 0 Å². The lowest BCUT2D eigenvalue weighted by Gasteiger charge is -2.29. The average Bonchev–Trinajstić information content (AvgIpc) is 3.34. The molecule has 0 amide bonds. The molecule has 9 heteroatoms. The number of carbonyl (C=O) groups excluding carboxylic acids is 2. The van der Waals surface area contributed by atoms with Gasteiger partial charge in [-0.05, 0) is 30.9 Å². The minimum Gasteiger partial charge on any atom is -0.493 e. The molecule has 1 saturated heterocycles. The molecule has 2 fully saturated rings. The van der Waals surface area contributed by atoms with E-state index in [9.17, 15) is 22.8 Å². The second kappa shape index (κ2) is 6.79. The van der Waals surface area contributed by atoms with Gasteiger partial charge < -0.3 is 19.5 Å². The van der Waals surface area contributed by atoms with Gasteiger partial charge in [-0.3, -0.25) is 0 Å². The Kier molecular flexibility index (Phi) is 4.79. The fourth-order valence-corrected chi connectivity index (χ4v) is 2.36. The van der Waals surface area contributed by atoms with E-state index in [2.05, 4.69) is 5.32 Å². The maximum Gasteiger partial charge on any atom is 0.416 e. The summed E-state index contributed by atoms with van der Waals surface area (Å²) < 4.78 is 54.6. The molecule has 3 rings (SSSR count). The Bertz CT molecular complexity index is 775. The Balaban J connectivity index is 1.81. The summed E-state index contributed by atoms with van der Waals surface area (Å²) in [6, 6.07) is 3.12. The van der Waals surface area contributed by atoms with Crippen molar-refractivity contribution < 1.29 is 37.0 Å². The first-order chi connectivity index (χ1) is 12.5. The first-order valence-corrected chi connectivity index (χ1v) is 8.32. The number of hydrogen-bond donors (Lipinski definition) is 1. The number of ether oxygens (including phenoxy) is 3. The number of halogens is 3. The molecule has 0 bridgehead atoms. The molecule has 1 N–H and O–H groups in total. The molecule has 2 aliphatic rings. The third-order valence-electron chi connectivity index (χ3n) is 3.92. The van der Waals surface area contributed by atoms with E-state index in [0.29, 0.717) is 12.5 Å². The van der Waals surface area contributed by atoms with Crippen LogP contribution in [0.1, 0.15) is 32.3 Å². The first kappa shape index (κ1) is 19.1. The van der Waals surface area contributed by atoms with Crippen molar-refractivity contribution in [3.05, 3.63) is 35.5 Å². The molecule has 1 aliphatic carbocycles. The van der Waals surface area contributed by atoms with Gasteiger partial charge in [0.1, 0.15) is 5.75 Å². The van der Waals surface area contributed by atoms with Crippen LogP contribution in [0.3, 0.4) is 0 Å². The van der Waals surface area contributed by atoms with Gasteiger partial charge in [-0.1, -0.05) is 0 Å². The highest BCUT2D eigenvalue weighted by Crippen LogP contribution is 2.36. The molecule has 6 nitrogen and oxygen atoms in total. The molecule has 0 spiro atoms. The fourth-order valence-electron chi connectivity index (χ4n) is 2.36. The normalized spacial score (nSPS) is 19.2. The molecular formula is C18H18F3NO5. The van der Waals surface area contributed by atoms with Gasteiger partial charge in [-0.25, -0.2) is 9.59 Å². The zero-order valence-electron chi connectivity index (χ0n) is 14.7. The van der Waals surface area contributed by atoms with Crippen LogP contribution in [0, 0.1) is 5.92 Å². The van der Waals surface area contributed by atoms with Crippen LogP contribution in [0.15, 0.2) is 30.0 Å². The van der Waals surface area contributed by atoms with Crippen molar-refractivity contribution in [1.82, 2.24) is 0 Å². The summed E-state index contributed by atoms with van der Waals surface area (Å²) in [5.74, 6) is -2.84. The SMILES string of the molecule is CC1(C)OC(=O)C(=CNc2cc(OCC3CC3)cc(C(F)(F)F)c2)C(=O)O1. The average molecular weight is 385 g/mol. The van der Waals surface area contributed by atoms with Crippen molar-refractivity contribution in [2.75, 3.05) is 11.9 Å². The Hall–Kier alpha value is -2.71. The maximum atomic E-state index is 13.1.